The van der Waals surface area contributed by atoms with E-state index >= 15 is 0 Å². The molecule has 90 valence electrons. The van der Waals surface area contributed by atoms with Crippen LogP contribution in [0.3, 0.4) is 0 Å². The quantitative estimate of drug-likeness (QED) is 0.882. The van der Waals surface area contributed by atoms with Crippen molar-refractivity contribution in [3.8, 4) is 0 Å². The first-order valence-electron chi connectivity index (χ1n) is 5.09. The highest BCUT2D eigenvalue weighted by atomic mass is 35.5. The molecule has 16 heavy (non-hydrogen) atoms. The fourth-order valence-corrected chi connectivity index (χ4v) is 1.27. The number of hydrogen-bond acceptors (Lipinski definition) is 3. The van der Waals surface area contributed by atoms with Gasteiger partial charge in [-0.25, -0.2) is 0 Å². The molecular formula is C12H19ClN2O. The van der Waals surface area contributed by atoms with Crippen LogP contribution >= 0.6 is 12.4 Å². The Morgan fingerprint density at radius 3 is 2.50 bits per heavy atom. The van der Waals surface area contributed by atoms with Crippen molar-refractivity contribution in [2.24, 2.45) is 11.1 Å². The molecular weight excluding hydrogens is 224 g/mol. The number of nitrogens with zero attached hydrogens (tertiary/aromatic N) is 1. The number of carbonyl (C=O) groups excluding carboxylic acids is 1. The van der Waals surface area contributed by atoms with Crippen molar-refractivity contribution < 1.29 is 4.79 Å². The summed E-state index contributed by atoms with van der Waals surface area (Å²) in [4.78, 5) is 15.9. The van der Waals surface area contributed by atoms with Crippen LogP contribution in [0.5, 0.6) is 0 Å². The van der Waals surface area contributed by atoms with E-state index in [9.17, 15) is 4.79 Å². The zero-order valence-electron chi connectivity index (χ0n) is 9.93. The van der Waals surface area contributed by atoms with E-state index in [4.69, 9.17) is 5.73 Å². The summed E-state index contributed by atoms with van der Waals surface area (Å²) in [6.07, 6.45) is 2.00. The summed E-state index contributed by atoms with van der Waals surface area (Å²) in [7, 11) is 0. The highest BCUT2D eigenvalue weighted by Crippen LogP contribution is 2.18. The van der Waals surface area contributed by atoms with Crippen LogP contribution in [0.1, 0.15) is 26.5 Å². The van der Waals surface area contributed by atoms with Crippen LogP contribution in [0.25, 0.3) is 0 Å². The molecule has 0 amide bonds. The maximum atomic E-state index is 11.8. The lowest BCUT2D eigenvalue weighted by Gasteiger charge is -2.25. The monoisotopic (exact) mass is 242 g/mol. The fraction of sp³-hybridized carbons (Fsp3) is 0.500. The van der Waals surface area contributed by atoms with Gasteiger partial charge in [-0.1, -0.05) is 26.8 Å². The highest BCUT2D eigenvalue weighted by molar-refractivity contribution is 5.86. The highest BCUT2D eigenvalue weighted by Gasteiger charge is 2.27. The Morgan fingerprint density at radius 2 is 2.06 bits per heavy atom. The number of pyridine rings is 1. The smallest absolute Gasteiger partial charge is 0.155 e. The van der Waals surface area contributed by atoms with E-state index in [0.717, 1.165) is 5.69 Å². The number of aromatic nitrogens is 1. The summed E-state index contributed by atoms with van der Waals surface area (Å²) in [5, 5.41) is 0. The lowest BCUT2D eigenvalue weighted by Crippen LogP contribution is -2.43. The van der Waals surface area contributed by atoms with Gasteiger partial charge in [-0.15, -0.1) is 12.4 Å². The minimum absolute atomic E-state index is 0. The molecule has 0 aliphatic carbocycles. The molecule has 0 aromatic carbocycles. The molecule has 0 aliphatic heterocycles. The zero-order valence-corrected chi connectivity index (χ0v) is 10.8. The predicted molar refractivity (Wildman–Crippen MR) is 67.6 cm³/mol. The van der Waals surface area contributed by atoms with Gasteiger partial charge in [0.25, 0.3) is 0 Å². The normalized spacial score (nSPS) is 12.8. The van der Waals surface area contributed by atoms with Crippen molar-refractivity contribution in [2.45, 2.75) is 33.2 Å². The maximum absolute atomic E-state index is 11.8. The van der Waals surface area contributed by atoms with E-state index in [2.05, 4.69) is 4.98 Å². The number of Topliss-reactive ketones (excluding diaryl/α,β-unsaturated/α-hetero) is 1. The molecule has 1 aromatic rings. The van der Waals surface area contributed by atoms with Crippen molar-refractivity contribution >= 4 is 18.2 Å². The molecule has 0 saturated carbocycles. The fourth-order valence-electron chi connectivity index (χ4n) is 1.27. The van der Waals surface area contributed by atoms with E-state index in [1.807, 2.05) is 39.0 Å². The largest absolute Gasteiger partial charge is 0.321 e. The second-order valence-electron chi connectivity index (χ2n) is 4.81. The van der Waals surface area contributed by atoms with Crippen molar-refractivity contribution in [3.63, 3.8) is 0 Å². The first-order chi connectivity index (χ1) is 6.91. The second kappa shape index (κ2) is 5.97. The van der Waals surface area contributed by atoms with Crippen LogP contribution in [0.4, 0.5) is 0 Å². The average Bonchev–Trinajstić information content (AvgIpc) is 2.16. The lowest BCUT2D eigenvalue weighted by atomic mass is 9.84. The van der Waals surface area contributed by atoms with E-state index in [1.54, 1.807) is 6.20 Å². The van der Waals surface area contributed by atoms with E-state index in [0.29, 0.717) is 6.42 Å². The summed E-state index contributed by atoms with van der Waals surface area (Å²) >= 11 is 0. The van der Waals surface area contributed by atoms with Gasteiger partial charge in [-0.2, -0.15) is 0 Å². The maximum Gasteiger partial charge on any atom is 0.155 e. The number of carbonyl (C=O) groups is 1. The van der Waals surface area contributed by atoms with Gasteiger partial charge in [0.05, 0.1) is 12.5 Å². The minimum Gasteiger partial charge on any atom is -0.321 e. The molecule has 0 spiro atoms. The predicted octanol–water partition coefficient (Wildman–Crippen LogP) is 1.99. The molecule has 1 atom stereocenters. The van der Waals surface area contributed by atoms with Gasteiger partial charge >= 0.3 is 0 Å². The van der Waals surface area contributed by atoms with Gasteiger partial charge in [0.1, 0.15) is 0 Å². The van der Waals surface area contributed by atoms with Crippen LogP contribution in [-0.4, -0.2) is 16.8 Å². The third kappa shape index (κ3) is 4.29. The Kier molecular flexibility index (Phi) is 5.62. The van der Waals surface area contributed by atoms with Crippen LogP contribution in [-0.2, 0) is 11.2 Å². The van der Waals surface area contributed by atoms with Crippen molar-refractivity contribution in [3.05, 3.63) is 30.1 Å². The molecule has 0 radical (unpaired) electrons. The molecule has 3 nitrogen and oxygen atoms in total. The minimum atomic E-state index is -0.431. The number of nitrogens with two attached hydrogens (primary N) is 1. The standard InChI is InChI=1S/C12H18N2O.ClH/c1-12(2,3)11(13)10(15)8-9-6-4-5-7-14-9;/h4-7,11H,8,13H2,1-3H3;1H/t11-;/m1./s1. The molecule has 1 aromatic heterocycles. The molecule has 0 unspecified atom stereocenters. The third-order valence-corrected chi connectivity index (χ3v) is 2.36. The molecule has 0 aliphatic rings. The average molecular weight is 243 g/mol. The van der Waals surface area contributed by atoms with Crippen molar-refractivity contribution in [1.29, 1.82) is 0 Å². The van der Waals surface area contributed by atoms with Crippen LogP contribution in [0.15, 0.2) is 24.4 Å². The first-order valence-corrected chi connectivity index (χ1v) is 5.09. The van der Waals surface area contributed by atoms with Crippen molar-refractivity contribution in [2.75, 3.05) is 0 Å². The molecule has 1 heterocycles. The van der Waals surface area contributed by atoms with Crippen LogP contribution in [0, 0.1) is 5.41 Å². The summed E-state index contributed by atoms with van der Waals surface area (Å²) in [5.74, 6) is 0.0428. The van der Waals surface area contributed by atoms with Crippen LogP contribution in [0.2, 0.25) is 0 Å². The second-order valence-corrected chi connectivity index (χ2v) is 4.81. The lowest BCUT2D eigenvalue weighted by molar-refractivity contribution is -0.121. The number of hydrogen-bond donors (Lipinski definition) is 1. The summed E-state index contributed by atoms with van der Waals surface area (Å²) in [6, 6.07) is 5.11. The summed E-state index contributed by atoms with van der Waals surface area (Å²) in [5.41, 5.74) is 6.46. The summed E-state index contributed by atoms with van der Waals surface area (Å²) < 4.78 is 0. The molecule has 0 bridgehead atoms. The molecule has 0 saturated heterocycles. The van der Waals surface area contributed by atoms with E-state index < -0.39 is 6.04 Å². The number of rotatable bonds is 3. The van der Waals surface area contributed by atoms with E-state index in [1.165, 1.54) is 0 Å². The Balaban J connectivity index is 0.00000225. The Hall–Kier alpha value is -0.930. The zero-order chi connectivity index (χ0) is 11.5. The first kappa shape index (κ1) is 15.1. The van der Waals surface area contributed by atoms with E-state index in [-0.39, 0.29) is 23.6 Å². The van der Waals surface area contributed by atoms with Gasteiger partial charge in [0.15, 0.2) is 5.78 Å². The molecule has 0 fully saturated rings. The molecule has 2 N–H and O–H groups in total. The van der Waals surface area contributed by atoms with Crippen molar-refractivity contribution in [1.82, 2.24) is 4.98 Å². The number of halogens is 1. The summed E-state index contributed by atoms with van der Waals surface area (Å²) in [6.45, 7) is 5.90. The van der Waals surface area contributed by atoms with Crippen LogP contribution < -0.4 is 5.73 Å². The Bertz CT molecular complexity index is 333. The van der Waals surface area contributed by atoms with Gasteiger partial charge in [-0.05, 0) is 17.5 Å². The topological polar surface area (TPSA) is 56.0 Å². The Labute approximate surface area is 103 Å². The number of ketones is 1. The molecule has 4 heteroatoms. The SMILES string of the molecule is CC(C)(C)[C@H](N)C(=O)Cc1ccccn1.Cl. The van der Waals surface area contributed by atoms with Gasteiger partial charge in [-0.3, -0.25) is 9.78 Å². The van der Waals surface area contributed by atoms with Gasteiger partial charge in [0, 0.05) is 11.9 Å². The molecule has 1 rings (SSSR count). The van der Waals surface area contributed by atoms with Gasteiger partial charge < -0.3 is 5.73 Å². The Morgan fingerprint density at radius 1 is 1.44 bits per heavy atom. The van der Waals surface area contributed by atoms with Gasteiger partial charge in [0.2, 0.25) is 0 Å². The third-order valence-electron chi connectivity index (χ3n) is 2.36.